The van der Waals surface area contributed by atoms with Gasteiger partial charge in [0.1, 0.15) is 11.6 Å². The second kappa shape index (κ2) is 9.34. The lowest BCUT2D eigenvalue weighted by Crippen LogP contribution is -2.56. The highest BCUT2D eigenvalue weighted by Crippen LogP contribution is 2.29. The number of amides is 2. The fourth-order valence-corrected chi connectivity index (χ4v) is 4.39. The second-order valence-corrected chi connectivity index (χ2v) is 7.87. The Morgan fingerprint density at radius 1 is 1.03 bits per heavy atom. The molecule has 6 nitrogen and oxygen atoms in total. The van der Waals surface area contributed by atoms with Crippen LogP contribution in [0.1, 0.15) is 12.8 Å². The van der Waals surface area contributed by atoms with Crippen LogP contribution in [0.4, 0.5) is 20.6 Å². The van der Waals surface area contributed by atoms with Crippen molar-refractivity contribution >= 4 is 17.4 Å². The van der Waals surface area contributed by atoms with Crippen molar-refractivity contribution < 1.29 is 13.9 Å². The Morgan fingerprint density at radius 3 is 2.50 bits per heavy atom. The monoisotopic (exact) mass is 412 g/mol. The number of carbonyl (C=O) groups excluding carboxylic acids is 1. The summed E-state index contributed by atoms with van der Waals surface area (Å²) < 4.78 is 18.6. The van der Waals surface area contributed by atoms with Crippen LogP contribution in [0.25, 0.3) is 0 Å². The van der Waals surface area contributed by atoms with Crippen LogP contribution in [-0.2, 0) is 0 Å². The maximum absolute atomic E-state index is 13.1. The molecule has 2 aromatic carbocycles. The average Bonchev–Trinajstić information content (AvgIpc) is 2.80. The molecule has 7 heteroatoms. The number of benzene rings is 2. The highest BCUT2D eigenvalue weighted by atomic mass is 19.1. The fraction of sp³-hybridized carbons (Fsp3) is 0.435. The Kier molecular flexibility index (Phi) is 6.38. The molecule has 30 heavy (non-hydrogen) atoms. The Bertz CT molecular complexity index is 853. The molecular weight excluding hydrogens is 383 g/mol. The van der Waals surface area contributed by atoms with Crippen LogP contribution >= 0.6 is 0 Å². The molecule has 0 aromatic heterocycles. The zero-order valence-corrected chi connectivity index (χ0v) is 17.4. The number of anilines is 2. The number of urea groups is 1. The maximum atomic E-state index is 13.1. The van der Waals surface area contributed by atoms with E-state index in [2.05, 4.69) is 21.2 Å². The first-order chi connectivity index (χ1) is 14.6. The average molecular weight is 413 g/mol. The van der Waals surface area contributed by atoms with E-state index in [9.17, 15) is 9.18 Å². The van der Waals surface area contributed by atoms with Crippen molar-refractivity contribution in [3.63, 3.8) is 0 Å². The minimum atomic E-state index is -0.307. The lowest BCUT2D eigenvalue weighted by molar-refractivity contribution is 0.108. The van der Waals surface area contributed by atoms with Crippen LogP contribution < -0.4 is 15.0 Å². The first-order valence-electron chi connectivity index (χ1n) is 10.6. The van der Waals surface area contributed by atoms with Crippen molar-refractivity contribution in [1.82, 2.24) is 9.80 Å². The van der Waals surface area contributed by atoms with E-state index in [4.69, 9.17) is 4.74 Å². The van der Waals surface area contributed by atoms with Gasteiger partial charge in [0.2, 0.25) is 0 Å². The third kappa shape index (κ3) is 4.67. The van der Waals surface area contributed by atoms with Gasteiger partial charge in [-0.2, -0.15) is 0 Å². The van der Waals surface area contributed by atoms with Gasteiger partial charge in [0, 0.05) is 51.0 Å². The van der Waals surface area contributed by atoms with Gasteiger partial charge in [0.05, 0.1) is 12.8 Å². The molecule has 0 aliphatic carbocycles. The second-order valence-electron chi connectivity index (χ2n) is 7.87. The quantitative estimate of drug-likeness (QED) is 0.833. The summed E-state index contributed by atoms with van der Waals surface area (Å²) in [5, 5.41) is 2.88. The highest BCUT2D eigenvalue weighted by Gasteiger charge is 2.30. The van der Waals surface area contributed by atoms with Crippen LogP contribution in [-0.4, -0.2) is 68.3 Å². The standard InChI is InChI=1S/C23H29FN4O2/c1-30-22-7-3-2-6-21(22)27-15-13-26(14-16-27)20-5-4-12-28(17-20)23(29)25-19-10-8-18(24)9-11-19/h2-3,6-11,20H,4-5,12-17H2,1H3,(H,25,29)/t20-/m1/s1. The van der Waals surface area contributed by atoms with E-state index in [1.165, 1.54) is 12.1 Å². The number of rotatable bonds is 4. The normalized spacial score (nSPS) is 20.1. The van der Waals surface area contributed by atoms with Gasteiger partial charge in [-0.3, -0.25) is 4.90 Å². The number of ether oxygens (including phenoxy) is 1. The van der Waals surface area contributed by atoms with Gasteiger partial charge in [0.25, 0.3) is 0 Å². The SMILES string of the molecule is COc1ccccc1N1CCN([C@@H]2CCCN(C(=O)Nc3ccc(F)cc3)C2)CC1. The van der Waals surface area contributed by atoms with Crippen LogP contribution in [0.5, 0.6) is 5.75 Å². The Balaban J connectivity index is 1.32. The first-order valence-corrected chi connectivity index (χ1v) is 10.6. The van der Waals surface area contributed by atoms with Crippen LogP contribution in [0, 0.1) is 5.82 Å². The smallest absolute Gasteiger partial charge is 0.321 e. The molecule has 2 saturated heterocycles. The van der Waals surface area contributed by atoms with E-state index in [0.717, 1.165) is 63.5 Å². The molecule has 0 bridgehead atoms. The van der Waals surface area contributed by atoms with Crippen molar-refractivity contribution in [2.24, 2.45) is 0 Å². The number of para-hydroxylation sites is 2. The molecule has 2 aromatic rings. The van der Waals surface area contributed by atoms with Gasteiger partial charge < -0.3 is 19.9 Å². The summed E-state index contributed by atoms with van der Waals surface area (Å²) in [7, 11) is 1.71. The molecule has 160 valence electrons. The predicted molar refractivity (Wildman–Crippen MR) is 117 cm³/mol. The number of nitrogens with zero attached hydrogens (tertiary/aromatic N) is 3. The topological polar surface area (TPSA) is 48.1 Å². The van der Waals surface area contributed by atoms with Crippen LogP contribution in [0.2, 0.25) is 0 Å². The Morgan fingerprint density at radius 2 is 1.77 bits per heavy atom. The van der Waals surface area contributed by atoms with Crippen molar-refractivity contribution in [1.29, 1.82) is 0 Å². The van der Waals surface area contributed by atoms with Crippen molar-refractivity contribution in [3.05, 3.63) is 54.3 Å². The molecule has 0 spiro atoms. The summed E-state index contributed by atoms with van der Waals surface area (Å²) in [6.45, 7) is 5.30. The minimum Gasteiger partial charge on any atom is -0.495 e. The van der Waals surface area contributed by atoms with Crippen molar-refractivity contribution in [2.75, 3.05) is 56.6 Å². The summed E-state index contributed by atoms with van der Waals surface area (Å²) in [5.41, 5.74) is 1.76. The summed E-state index contributed by atoms with van der Waals surface area (Å²) in [4.78, 5) is 19.4. The molecule has 0 radical (unpaired) electrons. The van der Waals surface area contributed by atoms with Gasteiger partial charge in [0.15, 0.2) is 0 Å². The number of halogens is 1. The molecule has 1 atom stereocenters. The van der Waals surface area contributed by atoms with E-state index in [1.54, 1.807) is 19.2 Å². The summed E-state index contributed by atoms with van der Waals surface area (Å²) >= 11 is 0. The number of piperazine rings is 1. The molecule has 2 aliphatic rings. The molecule has 2 amide bonds. The number of hydrogen-bond donors (Lipinski definition) is 1. The fourth-order valence-electron chi connectivity index (χ4n) is 4.39. The lowest BCUT2D eigenvalue weighted by atomic mass is 10.0. The third-order valence-corrected chi connectivity index (χ3v) is 6.04. The van der Waals surface area contributed by atoms with E-state index in [-0.39, 0.29) is 11.8 Å². The van der Waals surface area contributed by atoms with Gasteiger partial charge >= 0.3 is 6.03 Å². The van der Waals surface area contributed by atoms with Gasteiger partial charge in [-0.25, -0.2) is 9.18 Å². The van der Waals surface area contributed by atoms with E-state index in [0.29, 0.717) is 11.7 Å². The number of carbonyl (C=O) groups is 1. The summed E-state index contributed by atoms with van der Waals surface area (Å²) in [6, 6.07) is 14.3. The number of piperidine rings is 1. The van der Waals surface area contributed by atoms with E-state index in [1.807, 2.05) is 23.1 Å². The lowest BCUT2D eigenvalue weighted by Gasteiger charge is -2.44. The number of hydrogen-bond acceptors (Lipinski definition) is 4. The van der Waals surface area contributed by atoms with Crippen LogP contribution in [0.15, 0.2) is 48.5 Å². The van der Waals surface area contributed by atoms with Gasteiger partial charge in [-0.05, 0) is 49.2 Å². The zero-order valence-electron chi connectivity index (χ0n) is 17.4. The molecule has 2 fully saturated rings. The molecule has 4 rings (SSSR count). The van der Waals surface area contributed by atoms with Gasteiger partial charge in [-0.1, -0.05) is 12.1 Å². The Labute approximate surface area is 177 Å². The van der Waals surface area contributed by atoms with Crippen molar-refractivity contribution in [2.45, 2.75) is 18.9 Å². The number of nitrogens with one attached hydrogen (secondary N) is 1. The summed E-state index contributed by atoms with van der Waals surface area (Å²) in [6.07, 6.45) is 2.10. The minimum absolute atomic E-state index is 0.112. The maximum Gasteiger partial charge on any atom is 0.321 e. The molecule has 0 saturated carbocycles. The first kappa shape index (κ1) is 20.5. The Hall–Kier alpha value is -2.80. The molecular formula is C23H29FN4O2. The predicted octanol–water partition coefficient (Wildman–Crippen LogP) is 3.65. The van der Waals surface area contributed by atoms with E-state index < -0.39 is 0 Å². The molecule has 0 unspecified atom stereocenters. The van der Waals surface area contributed by atoms with E-state index >= 15 is 0 Å². The zero-order chi connectivity index (χ0) is 20.9. The molecule has 2 aliphatic heterocycles. The van der Waals surface area contributed by atoms with Crippen LogP contribution in [0.3, 0.4) is 0 Å². The largest absolute Gasteiger partial charge is 0.495 e. The van der Waals surface area contributed by atoms with Gasteiger partial charge in [-0.15, -0.1) is 0 Å². The molecule has 1 N–H and O–H groups in total. The summed E-state index contributed by atoms with van der Waals surface area (Å²) in [5.74, 6) is 0.602. The third-order valence-electron chi connectivity index (χ3n) is 6.04. The highest BCUT2D eigenvalue weighted by molar-refractivity contribution is 5.89. The van der Waals surface area contributed by atoms with Crippen molar-refractivity contribution in [3.8, 4) is 5.75 Å². The number of methoxy groups -OCH3 is 1. The number of likely N-dealkylation sites (tertiary alicyclic amines) is 1. The molecule has 2 heterocycles.